The van der Waals surface area contributed by atoms with Gasteiger partial charge in [-0.25, -0.2) is 0 Å². The number of rotatable bonds is 64. The van der Waals surface area contributed by atoms with Gasteiger partial charge in [-0.05, 0) is 77.0 Å². The molecule has 0 bridgehead atoms. The average Bonchev–Trinajstić information content (AvgIpc) is 3.44. The molecule has 0 aromatic carbocycles. The highest BCUT2D eigenvalue weighted by Crippen LogP contribution is 2.18. The first kappa shape index (κ1) is 75.4. The van der Waals surface area contributed by atoms with Crippen molar-refractivity contribution in [1.82, 2.24) is 0 Å². The van der Waals surface area contributed by atoms with E-state index in [2.05, 4.69) is 69.4 Å². The van der Waals surface area contributed by atoms with Crippen molar-refractivity contribution in [3.8, 4) is 0 Å². The minimum absolute atomic E-state index is 0.0760. The SMILES string of the molecule is CC/C=C\C/C=C\C/C=C\CCCCCCCCCC(=O)OC(COC(=O)CCCCCCC/C=C\CCCCCCCCC)COC(=O)CCCCCCCCCCCCCCCCCCCCCCCCCCCCC. The molecule has 0 aromatic rings. The summed E-state index contributed by atoms with van der Waals surface area (Å²) in [5.74, 6) is -0.871. The third kappa shape index (κ3) is 64.2. The number of carbonyl (C=O) groups is 3. The molecular formula is C72H132O6. The summed E-state index contributed by atoms with van der Waals surface area (Å²) in [7, 11) is 0. The van der Waals surface area contributed by atoms with Crippen LogP contribution < -0.4 is 0 Å². The predicted molar refractivity (Wildman–Crippen MR) is 339 cm³/mol. The van der Waals surface area contributed by atoms with Crippen molar-refractivity contribution in [1.29, 1.82) is 0 Å². The van der Waals surface area contributed by atoms with Crippen LogP contribution in [0.4, 0.5) is 0 Å². The number of carbonyl (C=O) groups excluding carboxylic acids is 3. The smallest absolute Gasteiger partial charge is 0.306 e. The van der Waals surface area contributed by atoms with Gasteiger partial charge < -0.3 is 14.2 Å². The number of hydrogen-bond donors (Lipinski definition) is 0. The number of allylic oxidation sites excluding steroid dienone is 8. The minimum Gasteiger partial charge on any atom is -0.462 e. The standard InChI is InChI=1S/C72H132O6/c1-4-7-10-13-16-19-22-25-28-31-32-33-34-35-36-37-38-39-40-42-44-47-50-53-56-59-62-65-71(74)77-68-69(67-76-70(73)64-61-58-55-52-49-46-43-30-27-24-21-18-15-12-9-6-3)78-72(75)66-63-60-57-54-51-48-45-41-29-26-23-20-17-14-11-8-5-2/h8,11,17,20,26,29-30,43,69H,4-7,9-10,12-16,18-19,21-25,27-28,31-42,44-68H2,1-3H3/b11-8-,20-17-,29-26-,43-30-. The molecule has 0 heterocycles. The van der Waals surface area contributed by atoms with Crippen LogP contribution in [0.25, 0.3) is 0 Å². The number of esters is 3. The van der Waals surface area contributed by atoms with Crippen LogP contribution in [0.3, 0.4) is 0 Å². The van der Waals surface area contributed by atoms with Crippen LogP contribution in [0.2, 0.25) is 0 Å². The van der Waals surface area contributed by atoms with Gasteiger partial charge in [0.2, 0.25) is 0 Å². The summed E-state index contributed by atoms with van der Waals surface area (Å²) in [5, 5.41) is 0. The maximum absolute atomic E-state index is 12.9. The zero-order valence-corrected chi connectivity index (χ0v) is 52.5. The maximum Gasteiger partial charge on any atom is 0.306 e. The van der Waals surface area contributed by atoms with Gasteiger partial charge in [0.05, 0.1) is 0 Å². The second kappa shape index (κ2) is 66.9. The van der Waals surface area contributed by atoms with Gasteiger partial charge in [-0.15, -0.1) is 0 Å². The Kier molecular flexibility index (Phi) is 64.6. The van der Waals surface area contributed by atoms with Crippen molar-refractivity contribution in [2.75, 3.05) is 13.2 Å². The van der Waals surface area contributed by atoms with E-state index in [0.717, 1.165) is 89.9 Å². The van der Waals surface area contributed by atoms with E-state index < -0.39 is 6.10 Å². The fourth-order valence-electron chi connectivity index (χ4n) is 10.4. The Labute approximate surface area is 486 Å². The lowest BCUT2D eigenvalue weighted by Crippen LogP contribution is -2.30. The van der Waals surface area contributed by atoms with Gasteiger partial charge in [-0.2, -0.15) is 0 Å². The van der Waals surface area contributed by atoms with E-state index in [0.29, 0.717) is 19.3 Å². The zero-order valence-electron chi connectivity index (χ0n) is 52.5. The highest BCUT2D eigenvalue weighted by Gasteiger charge is 2.19. The molecule has 0 aliphatic rings. The van der Waals surface area contributed by atoms with Gasteiger partial charge in [-0.3, -0.25) is 14.4 Å². The van der Waals surface area contributed by atoms with E-state index in [-0.39, 0.29) is 31.1 Å². The number of hydrogen-bond acceptors (Lipinski definition) is 6. The first-order valence-electron chi connectivity index (χ1n) is 34.6. The molecule has 6 nitrogen and oxygen atoms in total. The molecule has 0 rings (SSSR count). The van der Waals surface area contributed by atoms with Crippen molar-refractivity contribution >= 4 is 17.9 Å². The molecule has 0 spiro atoms. The summed E-state index contributed by atoms with van der Waals surface area (Å²) in [6.07, 6.45) is 84.3. The Bertz CT molecular complexity index is 1350. The van der Waals surface area contributed by atoms with Gasteiger partial charge in [0.1, 0.15) is 13.2 Å². The summed E-state index contributed by atoms with van der Waals surface area (Å²) < 4.78 is 17.0. The van der Waals surface area contributed by atoms with E-state index in [1.165, 1.54) is 244 Å². The number of ether oxygens (including phenoxy) is 3. The summed E-state index contributed by atoms with van der Waals surface area (Å²) in [5.41, 5.74) is 0. The van der Waals surface area contributed by atoms with Gasteiger partial charge in [-0.1, -0.05) is 326 Å². The molecule has 0 radical (unpaired) electrons. The van der Waals surface area contributed by atoms with Gasteiger partial charge >= 0.3 is 17.9 Å². The van der Waals surface area contributed by atoms with Gasteiger partial charge in [0, 0.05) is 19.3 Å². The Morgan fingerprint density at radius 1 is 0.269 bits per heavy atom. The fraction of sp³-hybridized carbons (Fsp3) is 0.847. The lowest BCUT2D eigenvalue weighted by molar-refractivity contribution is -0.167. The highest BCUT2D eigenvalue weighted by molar-refractivity contribution is 5.71. The monoisotopic (exact) mass is 1090 g/mol. The van der Waals surface area contributed by atoms with Crippen molar-refractivity contribution in [2.24, 2.45) is 0 Å². The third-order valence-corrected chi connectivity index (χ3v) is 15.6. The normalized spacial score (nSPS) is 12.3. The molecule has 1 unspecified atom stereocenters. The molecule has 0 aliphatic heterocycles. The first-order valence-corrected chi connectivity index (χ1v) is 34.6. The second-order valence-corrected chi connectivity index (χ2v) is 23.4. The van der Waals surface area contributed by atoms with Crippen LogP contribution in [0.1, 0.15) is 374 Å². The average molecular weight is 1090 g/mol. The van der Waals surface area contributed by atoms with Crippen molar-refractivity contribution in [3.63, 3.8) is 0 Å². The van der Waals surface area contributed by atoms with Gasteiger partial charge in [0.25, 0.3) is 0 Å². The van der Waals surface area contributed by atoms with E-state index in [1.807, 2.05) is 0 Å². The lowest BCUT2D eigenvalue weighted by Gasteiger charge is -2.18. The van der Waals surface area contributed by atoms with Crippen LogP contribution in [0.15, 0.2) is 48.6 Å². The van der Waals surface area contributed by atoms with Crippen LogP contribution in [0.5, 0.6) is 0 Å². The molecule has 0 amide bonds. The van der Waals surface area contributed by atoms with Crippen LogP contribution in [-0.4, -0.2) is 37.2 Å². The molecule has 0 fully saturated rings. The maximum atomic E-state index is 12.9. The van der Waals surface area contributed by atoms with Crippen molar-refractivity contribution in [3.05, 3.63) is 48.6 Å². The van der Waals surface area contributed by atoms with Crippen molar-refractivity contribution in [2.45, 2.75) is 380 Å². The third-order valence-electron chi connectivity index (χ3n) is 15.6. The van der Waals surface area contributed by atoms with Crippen LogP contribution in [-0.2, 0) is 28.6 Å². The molecule has 6 heteroatoms. The zero-order chi connectivity index (χ0) is 56.4. The predicted octanol–water partition coefficient (Wildman–Crippen LogP) is 23.7. The molecule has 1 atom stereocenters. The summed E-state index contributed by atoms with van der Waals surface area (Å²) in [6, 6.07) is 0. The fourth-order valence-corrected chi connectivity index (χ4v) is 10.4. The molecule has 0 saturated heterocycles. The van der Waals surface area contributed by atoms with Gasteiger partial charge in [0.15, 0.2) is 6.10 Å². The molecule has 78 heavy (non-hydrogen) atoms. The topological polar surface area (TPSA) is 78.9 Å². The van der Waals surface area contributed by atoms with E-state index >= 15 is 0 Å². The Balaban J connectivity index is 4.25. The van der Waals surface area contributed by atoms with Crippen molar-refractivity contribution < 1.29 is 28.6 Å². The molecule has 0 aliphatic carbocycles. The Morgan fingerprint density at radius 3 is 0.795 bits per heavy atom. The molecule has 0 N–H and O–H groups in total. The minimum atomic E-state index is -0.781. The Morgan fingerprint density at radius 2 is 0.500 bits per heavy atom. The highest BCUT2D eigenvalue weighted by atomic mass is 16.6. The number of unbranched alkanes of at least 4 members (excludes halogenated alkanes) is 45. The quantitative estimate of drug-likeness (QED) is 0.0261. The molecule has 456 valence electrons. The van der Waals surface area contributed by atoms with E-state index in [4.69, 9.17) is 14.2 Å². The summed E-state index contributed by atoms with van der Waals surface area (Å²) in [4.78, 5) is 38.4. The Hall–Kier alpha value is -2.63. The summed E-state index contributed by atoms with van der Waals surface area (Å²) >= 11 is 0. The van der Waals surface area contributed by atoms with E-state index in [1.54, 1.807) is 0 Å². The first-order chi connectivity index (χ1) is 38.5. The molecule has 0 aromatic heterocycles. The molecular weight excluding hydrogens is 961 g/mol. The van der Waals surface area contributed by atoms with Crippen LogP contribution in [0, 0.1) is 0 Å². The largest absolute Gasteiger partial charge is 0.462 e. The second-order valence-electron chi connectivity index (χ2n) is 23.4. The van der Waals surface area contributed by atoms with Crippen LogP contribution >= 0.6 is 0 Å². The summed E-state index contributed by atoms with van der Waals surface area (Å²) in [6.45, 7) is 6.58. The van der Waals surface area contributed by atoms with E-state index in [9.17, 15) is 14.4 Å². The molecule has 0 saturated carbocycles. The lowest BCUT2D eigenvalue weighted by atomic mass is 10.0.